The first-order chi connectivity index (χ1) is 14.3. The van der Waals surface area contributed by atoms with Crippen LogP contribution in [0.15, 0.2) is 24.3 Å². The number of methoxy groups -OCH3 is 1. The molecule has 0 aliphatic rings. The van der Waals surface area contributed by atoms with Gasteiger partial charge in [0, 0.05) is 4.88 Å². The van der Waals surface area contributed by atoms with Crippen molar-refractivity contribution in [2.75, 3.05) is 13.7 Å². The molecule has 1 heterocycles. The smallest absolute Gasteiger partial charge is 0.348 e. The zero-order valence-electron chi connectivity index (χ0n) is 19.2. The highest BCUT2D eigenvalue weighted by Crippen LogP contribution is 2.32. The van der Waals surface area contributed by atoms with E-state index in [0.29, 0.717) is 30.2 Å². The van der Waals surface area contributed by atoms with Gasteiger partial charge in [0.25, 0.3) is 0 Å². The van der Waals surface area contributed by atoms with Gasteiger partial charge in [0.05, 0.1) is 12.7 Å². The van der Waals surface area contributed by atoms with Crippen molar-refractivity contribution >= 4 is 17.3 Å². The summed E-state index contributed by atoms with van der Waals surface area (Å²) in [6, 6.07) is 8.49. The summed E-state index contributed by atoms with van der Waals surface area (Å²) in [5, 5.41) is 10.5. The fraction of sp³-hybridized carbons (Fsp3) is 0.560. The number of rotatable bonds is 11. The van der Waals surface area contributed by atoms with Crippen molar-refractivity contribution in [2.45, 2.75) is 78.2 Å². The van der Waals surface area contributed by atoms with E-state index in [2.05, 4.69) is 32.0 Å². The highest BCUT2D eigenvalue weighted by Gasteiger charge is 2.23. The third kappa shape index (κ3) is 6.08. The number of esters is 1. The van der Waals surface area contributed by atoms with Crippen molar-refractivity contribution in [3.63, 3.8) is 0 Å². The quantitative estimate of drug-likeness (QED) is 0.429. The van der Waals surface area contributed by atoms with E-state index in [4.69, 9.17) is 9.47 Å². The molecular formula is C25H36O4S. The van der Waals surface area contributed by atoms with Gasteiger partial charge in [-0.1, -0.05) is 32.9 Å². The minimum absolute atomic E-state index is 0.250. The topological polar surface area (TPSA) is 55.8 Å². The van der Waals surface area contributed by atoms with Crippen molar-refractivity contribution < 1.29 is 19.4 Å². The monoisotopic (exact) mass is 432 g/mol. The van der Waals surface area contributed by atoms with E-state index < -0.39 is 5.60 Å². The molecule has 5 heteroatoms. The summed E-state index contributed by atoms with van der Waals surface area (Å²) in [6.45, 7) is 10.5. The second-order valence-electron chi connectivity index (χ2n) is 8.11. The summed E-state index contributed by atoms with van der Waals surface area (Å²) < 4.78 is 10.8. The van der Waals surface area contributed by atoms with Crippen LogP contribution in [0, 0.1) is 13.8 Å². The highest BCUT2D eigenvalue weighted by atomic mass is 32.1. The Morgan fingerprint density at radius 1 is 1.13 bits per heavy atom. The number of carbonyl (C=O) groups is 1. The van der Waals surface area contributed by atoms with Crippen molar-refractivity contribution in [1.29, 1.82) is 0 Å². The summed E-state index contributed by atoms with van der Waals surface area (Å²) in [4.78, 5) is 13.8. The third-order valence-corrected chi connectivity index (χ3v) is 7.33. The zero-order valence-corrected chi connectivity index (χ0v) is 20.0. The molecule has 2 rings (SSSR count). The lowest BCUT2D eigenvalue weighted by molar-refractivity contribution is -0.0115. The Balaban J connectivity index is 2.05. The van der Waals surface area contributed by atoms with Crippen molar-refractivity contribution in [2.24, 2.45) is 0 Å². The lowest BCUT2D eigenvalue weighted by atomic mass is 9.90. The molecule has 0 spiro atoms. The van der Waals surface area contributed by atoms with Crippen LogP contribution in [-0.4, -0.2) is 30.4 Å². The molecule has 0 fully saturated rings. The molecule has 4 nitrogen and oxygen atoms in total. The molecule has 0 aliphatic carbocycles. The van der Waals surface area contributed by atoms with Gasteiger partial charge in [-0.25, -0.2) is 4.79 Å². The fourth-order valence-corrected chi connectivity index (χ4v) is 4.75. The molecule has 0 aliphatic heterocycles. The summed E-state index contributed by atoms with van der Waals surface area (Å²) >= 11 is 1.54. The van der Waals surface area contributed by atoms with Crippen molar-refractivity contribution in [1.82, 2.24) is 0 Å². The average Bonchev–Trinajstić information content (AvgIpc) is 3.13. The number of benzene rings is 1. The van der Waals surface area contributed by atoms with Crippen LogP contribution in [0.3, 0.4) is 0 Å². The van der Waals surface area contributed by atoms with Gasteiger partial charge in [-0.3, -0.25) is 0 Å². The molecule has 1 N–H and O–H groups in total. The number of hydrogen-bond donors (Lipinski definition) is 1. The molecule has 0 saturated heterocycles. The summed E-state index contributed by atoms with van der Waals surface area (Å²) in [7, 11) is 1.43. The molecule has 166 valence electrons. The SMILES string of the molecule is CCC(CCc1cc(C)c(C(=O)OC)s1)c1ccc(OCC(O)(CC)CC)c(C)c1. The van der Waals surface area contributed by atoms with E-state index in [9.17, 15) is 9.90 Å². The molecule has 1 unspecified atom stereocenters. The Labute approximate surface area is 185 Å². The second kappa shape index (κ2) is 11.0. The van der Waals surface area contributed by atoms with Crippen molar-refractivity contribution in [3.8, 4) is 5.75 Å². The fourth-order valence-electron chi connectivity index (χ4n) is 3.64. The van der Waals surface area contributed by atoms with Gasteiger partial charge < -0.3 is 14.6 Å². The van der Waals surface area contributed by atoms with Gasteiger partial charge in [0.15, 0.2) is 0 Å². The molecule has 0 amide bonds. The van der Waals surface area contributed by atoms with Crippen LogP contribution in [0.5, 0.6) is 5.75 Å². The molecule has 2 aromatic rings. The maximum atomic E-state index is 11.8. The summed E-state index contributed by atoms with van der Waals surface area (Å²) in [6.07, 6.45) is 4.39. The normalized spacial score (nSPS) is 12.6. The van der Waals surface area contributed by atoms with Crippen LogP contribution in [0.2, 0.25) is 0 Å². The van der Waals surface area contributed by atoms with E-state index in [1.807, 2.05) is 26.8 Å². The van der Waals surface area contributed by atoms with Crippen molar-refractivity contribution in [3.05, 3.63) is 50.7 Å². The van der Waals surface area contributed by atoms with Gasteiger partial charge in [-0.2, -0.15) is 0 Å². The number of aliphatic hydroxyl groups is 1. The second-order valence-corrected chi connectivity index (χ2v) is 9.24. The summed E-state index contributed by atoms with van der Waals surface area (Å²) in [5.41, 5.74) is 2.63. The maximum Gasteiger partial charge on any atom is 0.348 e. The largest absolute Gasteiger partial charge is 0.490 e. The first-order valence-electron chi connectivity index (χ1n) is 10.9. The van der Waals surface area contributed by atoms with Gasteiger partial charge in [0.1, 0.15) is 17.2 Å². The molecule has 0 saturated carbocycles. The predicted octanol–water partition coefficient (Wildman–Crippen LogP) is 6.21. The number of aryl methyl sites for hydroxylation is 3. The first kappa shape index (κ1) is 24.4. The Hall–Kier alpha value is -1.85. The predicted molar refractivity (Wildman–Crippen MR) is 124 cm³/mol. The van der Waals surface area contributed by atoms with Crippen LogP contribution in [0.4, 0.5) is 0 Å². The molecule has 30 heavy (non-hydrogen) atoms. The minimum atomic E-state index is -0.765. The number of hydrogen-bond acceptors (Lipinski definition) is 5. The number of ether oxygens (including phenoxy) is 2. The Morgan fingerprint density at radius 2 is 1.83 bits per heavy atom. The lowest BCUT2D eigenvalue weighted by Gasteiger charge is -2.26. The molecule has 0 radical (unpaired) electrons. The number of carbonyl (C=O) groups excluding carboxylic acids is 1. The molecule has 1 aromatic heterocycles. The number of thiophene rings is 1. The Morgan fingerprint density at radius 3 is 2.40 bits per heavy atom. The molecular weight excluding hydrogens is 396 g/mol. The van der Waals surface area contributed by atoms with E-state index in [1.165, 1.54) is 17.6 Å². The maximum absolute atomic E-state index is 11.8. The van der Waals surface area contributed by atoms with Gasteiger partial charge in [-0.05, 0) is 80.7 Å². The molecule has 1 aromatic carbocycles. The van der Waals surface area contributed by atoms with Gasteiger partial charge in [0.2, 0.25) is 0 Å². The Kier molecular flexibility index (Phi) is 8.92. The lowest BCUT2D eigenvalue weighted by Crippen LogP contribution is -2.34. The summed E-state index contributed by atoms with van der Waals surface area (Å²) in [5.74, 6) is 1.04. The van der Waals surface area contributed by atoms with E-state index in [-0.39, 0.29) is 5.97 Å². The Bertz CT molecular complexity index is 836. The zero-order chi connectivity index (χ0) is 22.3. The average molecular weight is 433 g/mol. The first-order valence-corrected chi connectivity index (χ1v) is 11.7. The van der Waals surface area contributed by atoms with Gasteiger partial charge in [-0.15, -0.1) is 11.3 Å². The van der Waals surface area contributed by atoms with Crippen LogP contribution in [0.1, 0.15) is 83.6 Å². The van der Waals surface area contributed by atoms with E-state index >= 15 is 0 Å². The highest BCUT2D eigenvalue weighted by molar-refractivity contribution is 7.14. The van der Waals surface area contributed by atoms with Crippen LogP contribution in [0.25, 0.3) is 0 Å². The van der Waals surface area contributed by atoms with Crippen LogP contribution in [-0.2, 0) is 11.2 Å². The molecule has 1 atom stereocenters. The van der Waals surface area contributed by atoms with Crippen LogP contribution < -0.4 is 4.74 Å². The minimum Gasteiger partial charge on any atom is -0.490 e. The van der Waals surface area contributed by atoms with Gasteiger partial charge >= 0.3 is 5.97 Å². The van der Waals surface area contributed by atoms with Crippen LogP contribution >= 0.6 is 11.3 Å². The van der Waals surface area contributed by atoms with E-state index in [1.54, 1.807) is 11.3 Å². The molecule has 0 bridgehead atoms. The standard InChI is InChI=1S/C25H36O4S/c1-7-19(10-12-21-15-18(5)23(30-21)24(26)28-6)20-11-13-22(17(4)14-20)29-16-25(27,8-2)9-3/h11,13-15,19,27H,7-10,12,16H2,1-6H3. The third-order valence-electron chi connectivity index (χ3n) is 6.05. The van der Waals surface area contributed by atoms with E-state index in [0.717, 1.165) is 36.1 Å².